The van der Waals surface area contributed by atoms with Crippen LogP contribution < -0.4 is 9.47 Å². The average molecular weight is 581 g/mol. The van der Waals surface area contributed by atoms with E-state index >= 15 is 0 Å². The topological polar surface area (TPSA) is 71.1 Å². The van der Waals surface area contributed by atoms with Crippen molar-refractivity contribution in [2.45, 2.75) is 51.6 Å². The molecule has 0 saturated carbocycles. The lowest BCUT2D eigenvalue weighted by Crippen LogP contribution is -2.09. The van der Waals surface area contributed by atoms with Crippen LogP contribution in [-0.2, 0) is 33.7 Å². The number of carbonyl (C=O) groups excluding carboxylic acids is 2. The predicted octanol–water partition coefficient (Wildman–Crippen LogP) is 8.37. The van der Waals surface area contributed by atoms with Gasteiger partial charge in [-0.15, -0.1) is 0 Å². The van der Waals surface area contributed by atoms with Gasteiger partial charge in [-0.3, -0.25) is 4.79 Å². The number of unbranched alkanes of at least 4 members (excludes halogenated alkanes) is 1. The number of para-hydroxylation sites is 2. The third-order valence-corrected chi connectivity index (χ3v) is 7.44. The average Bonchev–Trinajstić information content (AvgIpc) is 3.05. The molecule has 1 unspecified atom stereocenters. The lowest BCUT2D eigenvalue weighted by atomic mass is 9.88. The van der Waals surface area contributed by atoms with Crippen LogP contribution in [0.1, 0.15) is 59.2 Å². The number of hydrogen-bond acceptors (Lipinski definition) is 6. The van der Waals surface area contributed by atoms with Crippen molar-refractivity contribution >= 4 is 11.9 Å². The largest absolute Gasteiger partial charge is 0.489 e. The smallest absolute Gasteiger partial charge is 0.337 e. The van der Waals surface area contributed by atoms with Gasteiger partial charge in [-0.25, -0.2) is 4.79 Å². The third-order valence-electron chi connectivity index (χ3n) is 7.44. The summed E-state index contributed by atoms with van der Waals surface area (Å²) >= 11 is 0. The molecule has 0 saturated heterocycles. The van der Waals surface area contributed by atoms with Gasteiger partial charge in [0.1, 0.15) is 23.9 Å². The van der Waals surface area contributed by atoms with E-state index in [9.17, 15) is 9.59 Å². The highest BCUT2D eigenvalue weighted by Gasteiger charge is 2.14. The van der Waals surface area contributed by atoms with Gasteiger partial charge in [-0.2, -0.15) is 0 Å². The number of carbonyl (C=O) groups is 2. The number of methoxy groups -OCH3 is 2. The summed E-state index contributed by atoms with van der Waals surface area (Å²) < 4.78 is 21.9. The van der Waals surface area contributed by atoms with Gasteiger partial charge in [0.15, 0.2) is 0 Å². The van der Waals surface area contributed by atoms with Crippen LogP contribution in [0.3, 0.4) is 0 Å². The van der Waals surface area contributed by atoms with Gasteiger partial charge >= 0.3 is 11.9 Å². The van der Waals surface area contributed by atoms with Crippen LogP contribution in [0, 0.1) is 5.92 Å². The Bertz CT molecular complexity index is 1430. The Kier molecular flexibility index (Phi) is 12.2. The normalized spacial score (nSPS) is 11.4. The van der Waals surface area contributed by atoms with Gasteiger partial charge in [0.2, 0.25) is 0 Å². The zero-order valence-corrected chi connectivity index (χ0v) is 25.0. The molecule has 0 spiro atoms. The van der Waals surface area contributed by atoms with E-state index in [4.69, 9.17) is 18.9 Å². The van der Waals surface area contributed by atoms with Crippen molar-refractivity contribution in [2.75, 3.05) is 14.2 Å². The second-order valence-corrected chi connectivity index (χ2v) is 10.6. The second-order valence-electron chi connectivity index (χ2n) is 10.6. The fourth-order valence-electron chi connectivity index (χ4n) is 5.08. The molecule has 0 radical (unpaired) electrons. The first-order valence-electron chi connectivity index (χ1n) is 14.8. The quantitative estimate of drug-likeness (QED) is 0.0979. The molecule has 0 fully saturated rings. The van der Waals surface area contributed by atoms with Crippen molar-refractivity contribution in [3.8, 4) is 17.2 Å². The summed E-state index contributed by atoms with van der Waals surface area (Å²) in [4.78, 5) is 23.4. The summed E-state index contributed by atoms with van der Waals surface area (Å²) in [6.07, 6.45) is 5.90. The number of ether oxygens (including phenoxy) is 4. The van der Waals surface area contributed by atoms with Crippen molar-refractivity contribution in [3.63, 3.8) is 0 Å². The molecule has 0 aliphatic carbocycles. The molecule has 6 heteroatoms. The molecule has 6 nitrogen and oxygen atoms in total. The van der Waals surface area contributed by atoms with E-state index in [2.05, 4.69) is 6.07 Å². The highest BCUT2D eigenvalue weighted by molar-refractivity contribution is 5.89. The number of hydrogen-bond donors (Lipinski definition) is 0. The maximum absolute atomic E-state index is 11.8. The lowest BCUT2D eigenvalue weighted by Gasteiger charge is -2.19. The fraction of sp³-hybridized carbons (Fsp3) is 0.297. The summed E-state index contributed by atoms with van der Waals surface area (Å²) in [6.45, 7) is 0.437. The first-order valence-corrected chi connectivity index (χ1v) is 14.8. The second kappa shape index (κ2) is 16.8. The van der Waals surface area contributed by atoms with Crippen LogP contribution in [0.15, 0.2) is 103 Å². The molecular weight excluding hydrogens is 540 g/mol. The van der Waals surface area contributed by atoms with Gasteiger partial charge in [0.25, 0.3) is 0 Å². The molecule has 4 aromatic rings. The third kappa shape index (κ3) is 10.3. The molecule has 4 aromatic carbocycles. The van der Waals surface area contributed by atoms with E-state index < -0.39 is 0 Å². The van der Waals surface area contributed by atoms with Gasteiger partial charge in [0.05, 0.1) is 19.8 Å². The maximum Gasteiger partial charge on any atom is 0.337 e. The van der Waals surface area contributed by atoms with Crippen molar-refractivity contribution < 1.29 is 28.5 Å². The maximum atomic E-state index is 11.8. The van der Waals surface area contributed by atoms with E-state index in [1.165, 1.54) is 25.3 Å². The molecule has 224 valence electrons. The summed E-state index contributed by atoms with van der Waals surface area (Å²) in [7, 11) is 2.82. The molecule has 0 aliphatic heterocycles. The molecular formula is C37H40O6. The molecule has 0 aromatic heterocycles. The minimum Gasteiger partial charge on any atom is -0.489 e. The first-order chi connectivity index (χ1) is 21.0. The van der Waals surface area contributed by atoms with E-state index in [-0.39, 0.29) is 11.9 Å². The minimum atomic E-state index is -0.335. The van der Waals surface area contributed by atoms with Crippen LogP contribution >= 0.6 is 0 Å². The van der Waals surface area contributed by atoms with Gasteiger partial charge in [-0.1, -0.05) is 73.5 Å². The van der Waals surface area contributed by atoms with Crippen LogP contribution in [0.5, 0.6) is 17.2 Å². The highest BCUT2D eigenvalue weighted by Crippen LogP contribution is 2.27. The SMILES string of the molecule is COC(=O)CCCCC(CCc1ccccc1OCc1cccc(Oc2ccccc2)c1)Cc1ccc(C(=O)OC)cc1. The number of rotatable bonds is 16. The van der Waals surface area contributed by atoms with Crippen molar-refractivity contribution in [3.05, 3.63) is 125 Å². The fourth-order valence-corrected chi connectivity index (χ4v) is 5.08. The van der Waals surface area contributed by atoms with E-state index in [0.717, 1.165) is 61.3 Å². The summed E-state index contributed by atoms with van der Waals surface area (Å²) in [5.41, 5.74) is 3.92. The molecule has 0 heterocycles. The van der Waals surface area contributed by atoms with Crippen LogP contribution in [0.25, 0.3) is 0 Å². The van der Waals surface area contributed by atoms with Crippen molar-refractivity contribution in [2.24, 2.45) is 5.92 Å². The molecule has 43 heavy (non-hydrogen) atoms. The first kappa shape index (κ1) is 31.4. The van der Waals surface area contributed by atoms with Crippen molar-refractivity contribution in [1.82, 2.24) is 0 Å². The van der Waals surface area contributed by atoms with Crippen molar-refractivity contribution in [1.29, 1.82) is 0 Å². The Morgan fingerprint density at radius 2 is 1.44 bits per heavy atom. The Morgan fingerprint density at radius 3 is 2.21 bits per heavy atom. The minimum absolute atomic E-state index is 0.168. The molecule has 4 rings (SSSR count). The summed E-state index contributed by atoms with van der Waals surface area (Å²) in [5, 5.41) is 0. The zero-order chi connectivity index (χ0) is 30.3. The number of benzene rings is 4. The van der Waals surface area contributed by atoms with Crippen LogP contribution in [-0.4, -0.2) is 26.2 Å². The van der Waals surface area contributed by atoms with Gasteiger partial charge in [0, 0.05) is 6.42 Å². The molecule has 1 atom stereocenters. The van der Waals surface area contributed by atoms with E-state index in [1.54, 1.807) is 0 Å². The number of esters is 2. The molecule has 0 amide bonds. The highest BCUT2D eigenvalue weighted by atomic mass is 16.5. The van der Waals surface area contributed by atoms with Gasteiger partial charge in [-0.05, 0) is 90.8 Å². The lowest BCUT2D eigenvalue weighted by molar-refractivity contribution is -0.140. The van der Waals surface area contributed by atoms with Crippen LogP contribution in [0.2, 0.25) is 0 Å². The Labute approximate surface area is 254 Å². The van der Waals surface area contributed by atoms with E-state index in [1.807, 2.05) is 97.1 Å². The standard InChI is InChI=1S/C37H40O6/c1-40-36(38)18-9-6-11-28(25-29-20-23-32(24-21-29)37(39)41-2)19-22-31-13-7-8-17-35(31)42-27-30-12-10-16-34(26-30)43-33-14-4-3-5-15-33/h3-5,7-8,10,12-17,20-21,23-24,26,28H,6,9,11,18-19,22,25,27H2,1-2H3. The molecule has 0 bridgehead atoms. The van der Waals surface area contributed by atoms with Crippen LogP contribution in [0.4, 0.5) is 0 Å². The zero-order valence-electron chi connectivity index (χ0n) is 25.0. The summed E-state index contributed by atoms with van der Waals surface area (Å²) in [5.74, 6) is 2.35. The Hall–Kier alpha value is -4.58. The Balaban J connectivity index is 1.38. The molecule has 0 aliphatic rings. The van der Waals surface area contributed by atoms with E-state index in [0.29, 0.717) is 24.5 Å². The number of aryl methyl sites for hydroxylation is 1. The summed E-state index contributed by atoms with van der Waals surface area (Å²) in [6, 6.07) is 33.5. The predicted molar refractivity (Wildman–Crippen MR) is 168 cm³/mol. The monoisotopic (exact) mass is 580 g/mol. The van der Waals surface area contributed by atoms with Gasteiger partial charge < -0.3 is 18.9 Å². The Morgan fingerprint density at radius 1 is 0.698 bits per heavy atom. The molecule has 0 N–H and O–H groups in total.